The lowest BCUT2D eigenvalue weighted by atomic mass is 10.1. The van der Waals surface area contributed by atoms with Gasteiger partial charge in [-0.3, -0.25) is 9.69 Å². The first kappa shape index (κ1) is 21.1. The highest BCUT2D eigenvalue weighted by atomic mass is 16.2. The Hall–Kier alpha value is -3.78. The van der Waals surface area contributed by atoms with Crippen molar-refractivity contribution in [2.75, 3.05) is 42.9 Å². The fraction of sp³-hybridized carbons (Fsp3) is 0.280. The highest BCUT2D eigenvalue weighted by Crippen LogP contribution is 2.24. The molecule has 0 bridgehead atoms. The SMILES string of the molecule is CCc1ccccc1NC(=O)CN1CCN(c2cc(-c3ccccc3)nc3ncnn23)CC1. The molecular weight excluding hydrogens is 414 g/mol. The van der Waals surface area contributed by atoms with Crippen LogP contribution in [0.25, 0.3) is 17.0 Å². The minimum absolute atomic E-state index is 0.0262. The Labute approximate surface area is 192 Å². The molecular formula is C25H27N7O. The van der Waals surface area contributed by atoms with Crippen LogP contribution < -0.4 is 10.2 Å². The summed E-state index contributed by atoms with van der Waals surface area (Å²) in [6.45, 7) is 5.66. The van der Waals surface area contributed by atoms with Crippen molar-refractivity contribution in [1.82, 2.24) is 24.5 Å². The number of aryl methyl sites for hydroxylation is 1. The van der Waals surface area contributed by atoms with E-state index in [-0.39, 0.29) is 5.91 Å². The molecule has 8 heteroatoms. The molecule has 0 unspecified atom stereocenters. The van der Waals surface area contributed by atoms with E-state index >= 15 is 0 Å². The van der Waals surface area contributed by atoms with Crippen LogP contribution in [0, 0.1) is 0 Å². The number of anilines is 2. The quantitative estimate of drug-likeness (QED) is 0.495. The maximum atomic E-state index is 12.6. The summed E-state index contributed by atoms with van der Waals surface area (Å²) in [6.07, 6.45) is 2.43. The van der Waals surface area contributed by atoms with Crippen LogP contribution in [0.1, 0.15) is 12.5 Å². The molecule has 0 atom stereocenters. The summed E-state index contributed by atoms with van der Waals surface area (Å²) in [7, 11) is 0. The molecule has 2 aromatic carbocycles. The van der Waals surface area contributed by atoms with Crippen molar-refractivity contribution < 1.29 is 4.79 Å². The normalized spacial score (nSPS) is 14.5. The van der Waals surface area contributed by atoms with E-state index < -0.39 is 0 Å². The number of nitrogens with one attached hydrogen (secondary N) is 1. The number of para-hydroxylation sites is 1. The van der Waals surface area contributed by atoms with Crippen LogP contribution in [0.3, 0.4) is 0 Å². The Kier molecular flexibility index (Phi) is 5.99. The van der Waals surface area contributed by atoms with Crippen LogP contribution in [0.5, 0.6) is 0 Å². The number of rotatable bonds is 6. The topological polar surface area (TPSA) is 78.7 Å². The number of amides is 1. The molecule has 3 heterocycles. The molecule has 1 saturated heterocycles. The summed E-state index contributed by atoms with van der Waals surface area (Å²) in [5, 5.41) is 7.46. The molecule has 0 saturated carbocycles. The third kappa shape index (κ3) is 4.56. The van der Waals surface area contributed by atoms with Gasteiger partial charge >= 0.3 is 0 Å². The van der Waals surface area contributed by atoms with Crippen molar-refractivity contribution in [1.29, 1.82) is 0 Å². The fourth-order valence-corrected chi connectivity index (χ4v) is 4.26. The summed E-state index contributed by atoms with van der Waals surface area (Å²) < 4.78 is 1.79. The van der Waals surface area contributed by atoms with Gasteiger partial charge in [0.2, 0.25) is 5.91 Å². The van der Waals surface area contributed by atoms with E-state index in [2.05, 4.69) is 49.2 Å². The number of aromatic nitrogens is 4. The number of nitrogens with zero attached hydrogens (tertiary/aromatic N) is 6. The van der Waals surface area contributed by atoms with Gasteiger partial charge < -0.3 is 10.2 Å². The third-order valence-electron chi connectivity index (χ3n) is 6.04. The zero-order valence-electron chi connectivity index (χ0n) is 18.7. The van der Waals surface area contributed by atoms with Gasteiger partial charge in [-0.25, -0.2) is 4.98 Å². The van der Waals surface area contributed by atoms with Gasteiger partial charge in [0.05, 0.1) is 12.2 Å². The maximum absolute atomic E-state index is 12.6. The predicted octanol–water partition coefficient (Wildman–Crippen LogP) is 3.11. The summed E-state index contributed by atoms with van der Waals surface area (Å²) in [6, 6.07) is 20.2. The van der Waals surface area contributed by atoms with E-state index in [4.69, 9.17) is 0 Å². The molecule has 0 spiro atoms. The third-order valence-corrected chi connectivity index (χ3v) is 6.04. The van der Waals surface area contributed by atoms with E-state index in [0.29, 0.717) is 12.3 Å². The van der Waals surface area contributed by atoms with Crippen LogP contribution in [0.2, 0.25) is 0 Å². The van der Waals surface area contributed by atoms with Crippen molar-refractivity contribution >= 4 is 23.2 Å². The lowest BCUT2D eigenvalue weighted by Gasteiger charge is -2.35. The Bertz CT molecular complexity index is 1250. The van der Waals surface area contributed by atoms with Gasteiger partial charge in [-0.15, -0.1) is 0 Å². The summed E-state index contributed by atoms with van der Waals surface area (Å²) in [5.41, 5.74) is 3.98. The summed E-state index contributed by atoms with van der Waals surface area (Å²) in [4.78, 5) is 26.1. The molecule has 1 N–H and O–H groups in total. The van der Waals surface area contributed by atoms with Gasteiger partial charge in [-0.2, -0.15) is 14.6 Å². The van der Waals surface area contributed by atoms with Gasteiger partial charge in [-0.1, -0.05) is 55.5 Å². The largest absolute Gasteiger partial charge is 0.354 e. The molecule has 1 fully saturated rings. The van der Waals surface area contributed by atoms with Crippen molar-refractivity contribution in [3.8, 4) is 11.3 Å². The van der Waals surface area contributed by atoms with Gasteiger partial charge in [0.15, 0.2) is 0 Å². The fourth-order valence-electron chi connectivity index (χ4n) is 4.26. The molecule has 8 nitrogen and oxygen atoms in total. The lowest BCUT2D eigenvalue weighted by Crippen LogP contribution is -2.49. The van der Waals surface area contributed by atoms with Gasteiger partial charge in [0.1, 0.15) is 12.1 Å². The van der Waals surface area contributed by atoms with Crippen molar-refractivity contribution in [2.45, 2.75) is 13.3 Å². The Morgan fingerprint density at radius 2 is 1.76 bits per heavy atom. The lowest BCUT2D eigenvalue weighted by molar-refractivity contribution is -0.117. The number of piperazine rings is 1. The molecule has 33 heavy (non-hydrogen) atoms. The molecule has 0 aliphatic carbocycles. The Morgan fingerprint density at radius 3 is 2.55 bits per heavy atom. The second kappa shape index (κ2) is 9.38. The Morgan fingerprint density at radius 1 is 1.00 bits per heavy atom. The number of carbonyl (C=O) groups excluding carboxylic acids is 1. The van der Waals surface area contributed by atoms with Crippen LogP contribution >= 0.6 is 0 Å². The Balaban J connectivity index is 1.27. The zero-order chi connectivity index (χ0) is 22.6. The highest BCUT2D eigenvalue weighted by Gasteiger charge is 2.22. The molecule has 1 aliphatic rings. The minimum atomic E-state index is 0.0262. The van der Waals surface area contributed by atoms with Crippen LogP contribution in [-0.4, -0.2) is 63.1 Å². The van der Waals surface area contributed by atoms with Crippen LogP contribution in [-0.2, 0) is 11.2 Å². The molecule has 168 valence electrons. The zero-order valence-corrected chi connectivity index (χ0v) is 18.7. The number of hydrogen-bond donors (Lipinski definition) is 1. The smallest absolute Gasteiger partial charge is 0.254 e. The van der Waals surface area contributed by atoms with Gasteiger partial charge in [0.25, 0.3) is 5.78 Å². The number of carbonyl (C=O) groups is 1. The standard InChI is InChI=1S/C25H27N7O/c1-2-19-8-6-7-11-21(19)28-23(33)17-30-12-14-31(15-13-30)24-16-22(20-9-4-3-5-10-20)29-25-26-18-27-32(24)25/h3-11,16,18H,2,12-15,17H2,1H3,(H,28,33). The van der Waals surface area contributed by atoms with Crippen molar-refractivity contribution in [2.24, 2.45) is 0 Å². The van der Waals surface area contributed by atoms with E-state index in [0.717, 1.165) is 60.9 Å². The van der Waals surface area contributed by atoms with E-state index in [1.54, 1.807) is 4.52 Å². The minimum Gasteiger partial charge on any atom is -0.354 e. The predicted molar refractivity (Wildman–Crippen MR) is 129 cm³/mol. The van der Waals surface area contributed by atoms with Gasteiger partial charge in [0, 0.05) is 43.5 Å². The van der Waals surface area contributed by atoms with Gasteiger partial charge in [-0.05, 0) is 18.1 Å². The molecule has 1 amide bonds. The second-order valence-corrected chi connectivity index (χ2v) is 8.16. The molecule has 4 aromatic rings. The first-order valence-corrected chi connectivity index (χ1v) is 11.3. The first-order chi connectivity index (χ1) is 16.2. The molecule has 1 aliphatic heterocycles. The van der Waals surface area contributed by atoms with Crippen molar-refractivity contribution in [3.63, 3.8) is 0 Å². The first-order valence-electron chi connectivity index (χ1n) is 11.3. The molecule has 2 aromatic heterocycles. The van der Waals surface area contributed by atoms with E-state index in [1.165, 1.54) is 6.33 Å². The average molecular weight is 442 g/mol. The average Bonchev–Trinajstić information content (AvgIpc) is 3.34. The number of fused-ring (bicyclic) bond motifs is 1. The van der Waals surface area contributed by atoms with Crippen LogP contribution in [0.15, 0.2) is 67.0 Å². The molecule has 0 radical (unpaired) electrons. The summed E-state index contributed by atoms with van der Waals surface area (Å²) >= 11 is 0. The van der Waals surface area contributed by atoms with E-state index in [9.17, 15) is 4.79 Å². The van der Waals surface area contributed by atoms with Crippen LogP contribution in [0.4, 0.5) is 11.5 Å². The summed E-state index contributed by atoms with van der Waals surface area (Å²) in [5.74, 6) is 1.58. The highest BCUT2D eigenvalue weighted by molar-refractivity contribution is 5.93. The number of hydrogen-bond acceptors (Lipinski definition) is 6. The molecule has 5 rings (SSSR count). The monoisotopic (exact) mass is 441 g/mol. The van der Waals surface area contributed by atoms with Crippen molar-refractivity contribution in [3.05, 3.63) is 72.6 Å². The maximum Gasteiger partial charge on any atom is 0.254 e. The van der Waals surface area contributed by atoms with E-state index in [1.807, 2.05) is 48.5 Å². The number of benzene rings is 2. The second-order valence-electron chi connectivity index (χ2n) is 8.16.